The number of aromatic hydroxyl groups is 1. The minimum absolute atomic E-state index is 0. The summed E-state index contributed by atoms with van der Waals surface area (Å²) in [5.41, 5.74) is 1.22. The zero-order valence-corrected chi connectivity index (χ0v) is 18.9. The van der Waals surface area contributed by atoms with E-state index in [1.807, 2.05) is 12.1 Å². The third-order valence-corrected chi connectivity index (χ3v) is 5.65. The van der Waals surface area contributed by atoms with Crippen molar-refractivity contribution >= 4 is 29.9 Å². The van der Waals surface area contributed by atoms with Gasteiger partial charge in [-0.05, 0) is 37.5 Å². The molecule has 1 aromatic carbocycles. The van der Waals surface area contributed by atoms with Gasteiger partial charge in [0.25, 0.3) is 0 Å². The number of rotatable bonds is 6. The minimum atomic E-state index is 0. The predicted molar refractivity (Wildman–Crippen MR) is 118 cm³/mol. The molecular formula is C20H32IN3O3. The van der Waals surface area contributed by atoms with Crippen molar-refractivity contribution in [2.45, 2.75) is 45.8 Å². The standard InChI is InChI=1S/C20H31N3O3.HI/c1-5-21-19(23-17-14-9-11-26-18(14)20(17,2)3)22-10-8-13-6-7-15(24)16(12-13)25-4;/h6-7,12,14,17-18,24H,5,8-11H2,1-4H3,(H2,21,22,23);1H. The number of aliphatic imine (C=N–C) groups is 1. The van der Waals surface area contributed by atoms with Crippen molar-refractivity contribution in [1.82, 2.24) is 10.6 Å². The van der Waals surface area contributed by atoms with Gasteiger partial charge in [0.15, 0.2) is 17.5 Å². The molecule has 7 heteroatoms. The van der Waals surface area contributed by atoms with Gasteiger partial charge in [0.05, 0.1) is 13.2 Å². The molecule has 1 saturated heterocycles. The molecule has 27 heavy (non-hydrogen) atoms. The first-order valence-corrected chi connectivity index (χ1v) is 9.49. The summed E-state index contributed by atoms with van der Waals surface area (Å²) >= 11 is 0. The quantitative estimate of drug-likeness (QED) is 0.326. The summed E-state index contributed by atoms with van der Waals surface area (Å²) in [6.07, 6.45) is 2.28. The summed E-state index contributed by atoms with van der Waals surface area (Å²) in [6.45, 7) is 8.98. The van der Waals surface area contributed by atoms with Gasteiger partial charge in [-0.3, -0.25) is 4.99 Å². The highest BCUT2D eigenvalue weighted by molar-refractivity contribution is 14.0. The lowest BCUT2D eigenvalue weighted by atomic mass is 9.57. The number of halogens is 1. The van der Waals surface area contributed by atoms with E-state index in [9.17, 15) is 5.11 Å². The first-order valence-electron chi connectivity index (χ1n) is 9.49. The number of benzene rings is 1. The van der Waals surface area contributed by atoms with Crippen LogP contribution in [-0.2, 0) is 11.2 Å². The van der Waals surface area contributed by atoms with Crippen molar-refractivity contribution < 1.29 is 14.6 Å². The molecule has 0 aromatic heterocycles. The van der Waals surface area contributed by atoms with Gasteiger partial charge in [0.2, 0.25) is 0 Å². The maximum absolute atomic E-state index is 9.69. The van der Waals surface area contributed by atoms with Crippen LogP contribution in [0.5, 0.6) is 11.5 Å². The Hall–Kier alpha value is -1.22. The van der Waals surface area contributed by atoms with Gasteiger partial charge in [-0.25, -0.2) is 0 Å². The average Bonchev–Trinajstić information content (AvgIpc) is 3.08. The molecule has 3 rings (SSSR count). The number of fused-ring (bicyclic) bond motifs is 1. The molecule has 0 spiro atoms. The van der Waals surface area contributed by atoms with Crippen molar-refractivity contribution in [3.63, 3.8) is 0 Å². The highest BCUT2D eigenvalue weighted by Crippen LogP contribution is 2.52. The van der Waals surface area contributed by atoms with Gasteiger partial charge in [-0.15, -0.1) is 24.0 Å². The van der Waals surface area contributed by atoms with E-state index < -0.39 is 0 Å². The van der Waals surface area contributed by atoms with Gasteiger partial charge in [-0.2, -0.15) is 0 Å². The van der Waals surface area contributed by atoms with E-state index in [4.69, 9.17) is 14.5 Å². The fraction of sp³-hybridized carbons (Fsp3) is 0.650. The second kappa shape index (κ2) is 9.32. The molecular weight excluding hydrogens is 457 g/mol. The lowest BCUT2D eigenvalue weighted by molar-refractivity contribution is -0.106. The van der Waals surface area contributed by atoms with Crippen molar-refractivity contribution in [2.75, 3.05) is 26.8 Å². The lowest BCUT2D eigenvalue weighted by Crippen LogP contribution is -2.68. The van der Waals surface area contributed by atoms with Crippen LogP contribution >= 0.6 is 24.0 Å². The first-order chi connectivity index (χ1) is 12.5. The smallest absolute Gasteiger partial charge is 0.191 e. The monoisotopic (exact) mass is 489 g/mol. The summed E-state index contributed by atoms with van der Waals surface area (Å²) in [5, 5.41) is 16.7. The Labute approximate surface area is 179 Å². The van der Waals surface area contributed by atoms with Crippen LogP contribution < -0.4 is 15.4 Å². The molecule has 152 valence electrons. The Morgan fingerprint density at radius 3 is 2.89 bits per heavy atom. The van der Waals surface area contributed by atoms with Crippen molar-refractivity contribution in [3.8, 4) is 11.5 Å². The molecule has 1 aliphatic carbocycles. The Morgan fingerprint density at radius 2 is 2.19 bits per heavy atom. The van der Waals surface area contributed by atoms with E-state index in [0.29, 0.717) is 30.4 Å². The van der Waals surface area contributed by atoms with E-state index in [1.54, 1.807) is 13.2 Å². The summed E-state index contributed by atoms with van der Waals surface area (Å²) in [5.74, 6) is 2.10. The van der Waals surface area contributed by atoms with Crippen LogP contribution in [0.25, 0.3) is 0 Å². The van der Waals surface area contributed by atoms with E-state index in [1.165, 1.54) is 0 Å². The number of phenolic OH excluding ortho intramolecular Hbond substituents is 1. The maximum Gasteiger partial charge on any atom is 0.191 e. The molecule has 1 saturated carbocycles. The van der Waals surface area contributed by atoms with Crippen LogP contribution in [0.1, 0.15) is 32.8 Å². The van der Waals surface area contributed by atoms with Crippen LogP contribution in [0.3, 0.4) is 0 Å². The number of methoxy groups -OCH3 is 1. The number of nitrogens with one attached hydrogen (secondary N) is 2. The normalized spacial score (nSPS) is 25.8. The molecule has 3 atom stereocenters. The Kier molecular flexibility index (Phi) is 7.62. The number of phenols is 1. The SMILES string of the molecule is CCNC(=NCCc1ccc(O)c(OC)c1)NC1C2CCOC2C1(C)C.I. The molecule has 0 radical (unpaired) electrons. The maximum atomic E-state index is 9.69. The first kappa shape index (κ1) is 22.1. The van der Waals surface area contributed by atoms with Crippen LogP contribution in [0.4, 0.5) is 0 Å². The van der Waals surface area contributed by atoms with E-state index in [0.717, 1.165) is 37.5 Å². The number of hydrogen-bond acceptors (Lipinski definition) is 4. The van der Waals surface area contributed by atoms with E-state index in [2.05, 4.69) is 31.4 Å². The molecule has 0 bridgehead atoms. The van der Waals surface area contributed by atoms with Crippen molar-refractivity contribution in [2.24, 2.45) is 16.3 Å². The number of nitrogens with zero attached hydrogens (tertiary/aromatic N) is 1. The van der Waals surface area contributed by atoms with Crippen molar-refractivity contribution in [1.29, 1.82) is 0 Å². The molecule has 1 aliphatic heterocycles. The molecule has 1 aromatic rings. The predicted octanol–water partition coefficient (Wildman–Crippen LogP) is 2.93. The molecule has 0 amide bonds. The van der Waals surface area contributed by atoms with Crippen LogP contribution in [0.2, 0.25) is 0 Å². The van der Waals surface area contributed by atoms with E-state index >= 15 is 0 Å². The molecule has 3 unspecified atom stereocenters. The number of ether oxygens (including phenoxy) is 2. The Bertz CT molecular complexity index is 666. The average molecular weight is 489 g/mol. The third-order valence-electron chi connectivity index (χ3n) is 5.65. The van der Waals surface area contributed by atoms with Crippen molar-refractivity contribution in [3.05, 3.63) is 23.8 Å². The Balaban J connectivity index is 0.00000261. The number of guanidine groups is 1. The van der Waals surface area contributed by atoms with E-state index in [-0.39, 0.29) is 35.1 Å². The minimum Gasteiger partial charge on any atom is -0.504 e. The fourth-order valence-corrected chi connectivity index (χ4v) is 4.26. The summed E-state index contributed by atoms with van der Waals surface area (Å²) < 4.78 is 11.0. The van der Waals surface area contributed by atoms with Gasteiger partial charge in [0, 0.05) is 37.1 Å². The highest BCUT2D eigenvalue weighted by atomic mass is 127. The number of hydrogen-bond donors (Lipinski definition) is 3. The molecule has 3 N–H and O–H groups in total. The largest absolute Gasteiger partial charge is 0.504 e. The second-order valence-corrected chi connectivity index (χ2v) is 7.70. The lowest BCUT2D eigenvalue weighted by Gasteiger charge is -2.54. The second-order valence-electron chi connectivity index (χ2n) is 7.70. The third kappa shape index (κ3) is 4.62. The van der Waals surface area contributed by atoms with Crippen LogP contribution in [0.15, 0.2) is 23.2 Å². The van der Waals surface area contributed by atoms with Gasteiger partial charge in [-0.1, -0.05) is 19.9 Å². The Morgan fingerprint density at radius 1 is 1.41 bits per heavy atom. The zero-order valence-electron chi connectivity index (χ0n) is 16.6. The summed E-state index contributed by atoms with van der Waals surface area (Å²) in [6, 6.07) is 5.82. The highest BCUT2D eigenvalue weighted by Gasteiger charge is 2.59. The van der Waals surface area contributed by atoms with Crippen LogP contribution in [0, 0.1) is 11.3 Å². The molecule has 2 fully saturated rings. The molecule has 2 aliphatic rings. The summed E-state index contributed by atoms with van der Waals surface area (Å²) in [4.78, 5) is 4.74. The van der Waals surface area contributed by atoms with Gasteiger partial charge >= 0.3 is 0 Å². The molecule has 6 nitrogen and oxygen atoms in total. The topological polar surface area (TPSA) is 75.1 Å². The van der Waals surface area contributed by atoms with Gasteiger partial charge in [0.1, 0.15) is 0 Å². The van der Waals surface area contributed by atoms with Crippen LogP contribution in [-0.4, -0.2) is 50.0 Å². The summed E-state index contributed by atoms with van der Waals surface area (Å²) in [7, 11) is 1.56. The van der Waals surface area contributed by atoms with Gasteiger partial charge < -0.3 is 25.2 Å². The molecule has 1 heterocycles. The fourth-order valence-electron chi connectivity index (χ4n) is 4.26. The zero-order chi connectivity index (χ0) is 18.7.